The van der Waals surface area contributed by atoms with Crippen LogP contribution in [0.3, 0.4) is 0 Å². The Hall–Kier alpha value is -1.17. The highest BCUT2D eigenvalue weighted by Gasteiger charge is 2.08. The topological polar surface area (TPSA) is 50.4 Å². The number of hydrogen-bond donors (Lipinski definition) is 2. The summed E-state index contributed by atoms with van der Waals surface area (Å²) < 4.78 is 17.8. The molecule has 0 aliphatic rings. The molecule has 1 amide bonds. The first-order chi connectivity index (χ1) is 8.65. The minimum atomic E-state index is -0.328. The Kier molecular flexibility index (Phi) is 9.12. The zero-order valence-electron chi connectivity index (χ0n) is 11.2. The molecule has 1 aromatic rings. The molecular formula is C13H20ClFN2O2. The summed E-state index contributed by atoms with van der Waals surface area (Å²) in [6.45, 7) is 4.32. The Balaban J connectivity index is 0.00000324. The van der Waals surface area contributed by atoms with Gasteiger partial charge in [-0.3, -0.25) is 4.79 Å². The van der Waals surface area contributed by atoms with Crippen molar-refractivity contribution in [3.05, 3.63) is 35.1 Å². The number of halogens is 2. The average Bonchev–Trinajstić information content (AvgIpc) is 2.33. The van der Waals surface area contributed by atoms with Crippen molar-refractivity contribution in [2.45, 2.75) is 6.92 Å². The number of carbonyl (C=O) groups excluding carboxylic acids is 1. The van der Waals surface area contributed by atoms with Gasteiger partial charge >= 0.3 is 0 Å². The van der Waals surface area contributed by atoms with Crippen LogP contribution in [-0.2, 0) is 4.74 Å². The Morgan fingerprint density at radius 2 is 2.05 bits per heavy atom. The van der Waals surface area contributed by atoms with Crippen molar-refractivity contribution in [2.75, 3.05) is 33.4 Å². The monoisotopic (exact) mass is 290 g/mol. The third-order valence-electron chi connectivity index (χ3n) is 2.50. The van der Waals surface area contributed by atoms with Gasteiger partial charge in [0.25, 0.3) is 5.91 Å². The van der Waals surface area contributed by atoms with Crippen molar-refractivity contribution < 1.29 is 13.9 Å². The van der Waals surface area contributed by atoms with Crippen molar-refractivity contribution >= 4 is 18.3 Å². The van der Waals surface area contributed by atoms with Crippen LogP contribution in [0.5, 0.6) is 0 Å². The molecule has 0 spiro atoms. The summed E-state index contributed by atoms with van der Waals surface area (Å²) in [5.41, 5.74) is 1.15. The standard InChI is InChI=1S/C13H19FN2O2.ClH/c1-10-9-11(14)3-4-12(10)13(17)16-6-5-15-7-8-18-2;/h3-4,9,15H,5-8H2,1-2H3,(H,16,17);1H. The fourth-order valence-corrected chi connectivity index (χ4v) is 1.54. The Morgan fingerprint density at radius 3 is 2.68 bits per heavy atom. The fourth-order valence-electron chi connectivity index (χ4n) is 1.54. The first-order valence-corrected chi connectivity index (χ1v) is 5.89. The van der Waals surface area contributed by atoms with E-state index in [2.05, 4.69) is 10.6 Å². The second-order valence-corrected chi connectivity index (χ2v) is 3.96. The number of rotatable bonds is 7. The number of nitrogens with one attached hydrogen (secondary N) is 2. The first kappa shape index (κ1) is 17.8. The van der Waals surface area contributed by atoms with Crippen LogP contribution in [0, 0.1) is 12.7 Å². The first-order valence-electron chi connectivity index (χ1n) is 5.89. The van der Waals surface area contributed by atoms with Gasteiger partial charge in [-0.25, -0.2) is 4.39 Å². The molecule has 0 aromatic heterocycles. The van der Waals surface area contributed by atoms with Crippen LogP contribution in [-0.4, -0.2) is 39.3 Å². The third kappa shape index (κ3) is 6.52. The van der Waals surface area contributed by atoms with E-state index in [4.69, 9.17) is 4.74 Å². The van der Waals surface area contributed by atoms with E-state index < -0.39 is 0 Å². The Labute approximate surface area is 119 Å². The summed E-state index contributed by atoms with van der Waals surface area (Å²) in [5, 5.41) is 5.89. The lowest BCUT2D eigenvalue weighted by atomic mass is 10.1. The molecule has 0 atom stereocenters. The minimum Gasteiger partial charge on any atom is -0.383 e. The van der Waals surface area contributed by atoms with Crippen LogP contribution in [0.1, 0.15) is 15.9 Å². The molecule has 19 heavy (non-hydrogen) atoms. The number of methoxy groups -OCH3 is 1. The molecule has 2 N–H and O–H groups in total. The van der Waals surface area contributed by atoms with Gasteiger partial charge in [-0.15, -0.1) is 12.4 Å². The molecule has 0 aliphatic carbocycles. The highest BCUT2D eigenvalue weighted by atomic mass is 35.5. The van der Waals surface area contributed by atoms with E-state index in [1.807, 2.05) is 0 Å². The predicted molar refractivity (Wildman–Crippen MR) is 75.5 cm³/mol. The van der Waals surface area contributed by atoms with Gasteiger partial charge in [0.1, 0.15) is 5.82 Å². The van der Waals surface area contributed by atoms with Gasteiger partial charge in [-0.1, -0.05) is 0 Å². The van der Waals surface area contributed by atoms with Crippen LogP contribution < -0.4 is 10.6 Å². The summed E-state index contributed by atoms with van der Waals surface area (Å²) in [4.78, 5) is 11.8. The number of amides is 1. The number of ether oxygens (including phenoxy) is 1. The smallest absolute Gasteiger partial charge is 0.251 e. The van der Waals surface area contributed by atoms with Crippen LogP contribution in [0.25, 0.3) is 0 Å². The lowest BCUT2D eigenvalue weighted by Gasteiger charge is -2.08. The summed E-state index contributed by atoms with van der Waals surface area (Å²) in [7, 11) is 1.64. The molecule has 0 bridgehead atoms. The summed E-state index contributed by atoms with van der Waals surface area (Å²) in [6, 6.07) is 4.14. The third-order valence-corrected chi connectivity index (χ3v) is 2.50. The van der Waals surface area contributed by atoms with E-state index in [0.717, 1.165) is 6.54 Å². The van der Waals surface area contributed by atoms with E-state index >= 15 is 0 Å². The van der Waals surface area contributed by atoms with Crippen molar-refractivity contribution in [1.82, 2.24) is 10.6 Å². The summed E-state index contributed by atoms with van der Waals surface area (Å²) >= 11 is 0. The molecule has 0 saturated heterocycles. The lowest BCUT2D eigenvalue weighted by Crippen LogP contribution is -2.33. The molecular weight excluding hydrogens is 271 g/mol. The van der Waals surface area contributed by atoms with Gasteiger partial charge in [-0.05, 0) is 30.7 Å². The number of aryl methyl sites for hydroxylation is 1. The highest BCUT2D eigenvalue weighted by molar-refractivity contribution is 5.95. The molecule has 0 heterocycles. The summed E-state index contributed by atoms with van der Waals surface area (Å²) in [6.07, 6.45) is 0. The van der Waals surface area contributed by atoms with E-state index in [1.165, 1.54) is 18.2 Å². The molecule has 1 rings (SSSR count). The van der Waals surface area contributed by atoms with Gasteiger partial charge in [0.15, 0.2) is 0 Å². The maximum atomic E-state index is 12.9. The van der Waals surface area contributed by atoms with Gasteiger partial charge in [0.05, 0.1) is 6.61 Å². The highest BCUT2D eigenvalue weighted by Crippen LogP contribution is 2.09. The second kappa shape index (κ2) is 9.72. The van der Waals surface area contributed by atoms with E-state index in [1.54, 1.807) is 14.0 Å². The van der Waals surface area contributed by atoms with Gasteiger partial charge in [0, 0.05) is 32.3 Å². The van der Waals surface area contributed by atoms with Gasteiger partial charge in [-0.2, -0.15) is 0 Å². The molecule has 0 unspecified atom stereocenters. The van der Waals surface area contributed by atoms with E-state index in [9.17, 15) is 9.18 Å². The van der Waals surface area contributed by atoms with Crippen molar-refractivity contribution in [3.8, 4) is 0 Å². The van der Waals surface area contributed by atoms with Crippen LogP contribution >= 0.6 is 12.4 Å². The average molecular weight is 291 g/mol. The Bertz CT molecular complexity index is 402. The summed E-state index contributed by atoms with van der Waals surface area (Å²) in [5.74, 6) is -0.508. The van der Waals surface area contributed by atoms with Crippen molar-refractivity contribution in [3.63, 3.8) is 0 Å². The number of benzene rings is 1. The van der Waals surface area contributed by atoms with Crippen molar-refractivity contribution in [1.29, 1.82) is 0 Å². The quantitative estimate of drug-likeness (QED) is 0.749. The molecule has 108 valence electrons. The molecule has 0 aliphatic heterocycles. The maximum absolute atomic E-state index is 12.9. The lowest BCUT2D eigenvalue weighted by molar-refractivity contribution is 0.0953. The molecule has 0 radical (unpaired) electrons. The zero-order valence-corrected chi connectivity index (χ0v) is 12.0. The predicted octanol–water partition coefficient (Wildman–Crippen LogP) is 1.52. The van der Waals surface area contributed by atoms with Crippen LogP contribution in [0.2, 0.25) is 0 Å². The van der Waals surface area contributed by atoms with E-state index in [-0.39, 0.29) is 24.1 Å². The second-order valence-electron chi connectivity index (χ2n) is 3.96. The van der Waals surface area contributed by atoms with Crippen LogP contribution in [0.15, 0.2) is 18.2 Å². The number of hydrogen-bond acceptors (Lipinski definition) is 3. The molecule has 0 saturated carbocycles. The largest absolute Gasteiger partial charge is 0.383 e. The molecule has 1 aromatic carbocycles. The minimum absolute atomic E-state index is 0. The zero-order chi connectivity index (χ0) is 13.4. The van der Waals surface area contributed by atoms with Crippen LogP contribution in [0.4, 0.5) is 4.39 Å². The SMILES string of the molecule is COCCNCCNC(=O)c1ccc(F)cc1C.Cl. The normalized spacial score (nSPS) is 9.84. The molecule has 4 nitrogen and oxygen atoms in total. The van der Waals surface area contributed by atoms with Crippen molar-refractivity contribution in [2.24, 2.45) is 0 Å². The number of carbonyl (C=O) groups is 1. The molecule has 6 heteroatoms. The Morgan fingerprint density at radius 1 is 1.32 bits per heavy atom. The van der Waals surface area contributed by atoms with Gasteiger partial charge < -0.3 is 15.4 Å². The molecule has 0 fully saturated rings. The van der Waals surface area contributed by atoms with E-state index in [0.29, 0.717) is 30.8 Å². The fraction of sp³-hybridized carbons (Fsp3) is 0.462. The maximum Gasteiger partial charge on any atom is 0.251 e. The van der Waals surface area contributed by atoms with Gasteiger partial charge in [0.2, 0.25) is 0 Å².